The standard InChI is InChI=1S/C23H36N5S/c1-28(10-7-27(8-11-28)22-25-4-3-5-26-22)9-6-24-21(29-2)23-15-18-12-19(16-23)14-20(13-18)17-23/h3-5,18-20H,6-17H2,1-2H3/q+1. The van der Waals surface area contributed by atoms with E-state index in [1.54, 1.807) is 0 Å². The average molecular weight is 415 g/mol. The largest absolute Gasteiger partial charge is 0.330 e. The third kappa shape index (κ3) is 3.95. The molecule has 0 aromatic carbocycles. The van der Waals surface area contributed by atoms with Crippen molar-refractivity contribution in [2.75, 3.05) is 57.5 Å². The van der Waals surface area contributed by atoms with Crippen LogP contribution in [0.2, 0.25) is 0 Å². The van der Waals surface area contributed by atoms with Gasteiger partial charge in [-0.15, -0.1) is 11.8 Å². The fourth-order valence-corrected chi connectivity index (χ4v) is 7.94. The highest BCUT2D eigenvalue weighted by atomic mass is 32.2. The Bertz CT molecular complexity index is 706. The Labute approximate surface area is 180 Å². The van der Waals surface area contributed by atoms with Crippen LogP contribution in [-0.4, -0.2) is 72.1 Å². The van der Waals surface area contributed by atoms with Gasteiger partial charge in [-0.2, -0.15) is 0 Å². The molecule has 0 amide bonds. The Balaban J connectivity index is 1.19. The van der Waals surface area contributed by atoms with Gasteiger partial charge in [-0.3, -0.25) is 4.99 Å². The SMILES string of the molecule is CSC(=NCC[N+]1(C)CCN(c2ncccn2)CC1)C12CC3CC(CC(C3)C1)C2. The van der Waals surface area contributed by atoms with Gasteiger partial charge in [-0.25, -0.2) is 9.97 Å². The molecule has 0 radical (unpaired) electrons. The summed E-state index contributed by atoms with van der Waals surface area (Å²) < 4.78 is 1.12. The first kappa shape index (κ1) is 19.8. The molecule has 2 heterocycles. The molecule has 5 aliphatic rings. The second-order valence-corrected chi connectivity index (χ2v) is 11.2. The minimum Gasteiger partial charge on any atom is -0.330 e. The Morgan fingerprint density at radius 1 is 1.10 bits per heavy atom. The lowest BCUT2D eigenvalue weighted by Crippen LogP contribution is -2.58. The van der Waals surface area contributed by atoms with Crippen LogP contribution in [0.3, 0.4) is 0 Å². The first-order valence-electron chi connectivity index (χ1n) is 11.5. The molecule has 4 saturated carbocycles. The van der Waals surface area contributed by atoms with E-state index in [2.05, 4.69) is 28.2 Å². The van der Waals surface area contributed by atoms with Gasteiger partial charge in [0, 0.05) is 17.8 Å². The predicted molar refractivity (Wildman–Crippen MR) is 121 cm³/mol. The molecule has 1 aromatic heterocycles. The van der Waals surface area contributed by atoms with Crippen molar-refractivity contribution >= 4 is 22.8 Å². The van der Waals surface area contributed by atoms with Crippen molar-refractivity contribution in [3.63, 3.8) is 0 Å². The molecule has 6 heteroatoms. The summed E-state index contributed by atoms with van der Waals surface area (Å²) in [6.07, 6.45) is 14.8. The molecule has 1 saturated heterocycles. The van der Waals surface area contributed by atoms with E-state index in [1.165, 1.54) is 43.6 Å². The van der Waals surface area contributed by atoms with Gasteiger partial charge in [0.05, 0.1) is 51.4 Å². The summed E-state index contributed by atoms with van der Waals surface area (Å²) in [5.74, 6) is 3.87. The lowest BCUT2D eigenvalue weighted by atomic mass is 9.50. The fraction of sp³-hybridized carbons (Fsp3) is 0.783. The molecule has 1 aromatic rings. The average Bonchev–Trinajstić information content (AvgIpc) is 2.71. The Morgan fingerprint density at radius 2 is 1.69 bits per heavy atom. The Hall–Kier alpha value is -1.14. The molecule has 158 valence electrons. The van der Waals surface area contributed by atoms with E-state index < -0.39 is 0 Å². The zero-order chi connectivity index (χ0) is 19.9. The van der Waals surface area contributed by atoms with E-state index in [-0.39, 0.29) is 0 Å². The van der Waals surface area contributed by atoms with E-state index in [0.29, 0.717) is 5.41 Å². The molecular weight excluding hydrogens is 378 g/mol. The van der Waals surface area contributed by atoms with Crippen LogP contribution in [0.5, 0.6) is 0 Å². The van der Waals surface area contributed by atoms with E-state index in [0.717, 1.165) is 67.5 Å². The molecule has 6 rings (SSSR count). The van der Waals surface area contributed by atoms with Crippen LogP contribution in [0.25, 0.3) is 0 Å². The fourth-order valence-electron chi connectivity index (χ4n) is 7.04. The van der Waals surface area contributed by atoms with Crippen LogP contribution >= 0.6 is 11.8 Å². The van der Waals surface area contributed by atoms with Crippen molar-refractivity contribution in [1.29, 1.82) is 0 Å². The topological polar surface area (TPSA) is 41.4 Å². The van der Waals surface area contributed by atoms with Crippen molar-refractivity contribution in [3.05, 3.63) is 18.5 Å². The minimum absolute atomic E-state index is 0.454. The minimum atomic E-state index is 0.454. The lowest BCUT2D eigenvalue weighted by molar-refractivity contribution is -0.908. The second kappa shape index (κ2) is 7.84. The van der Waals surface area contributed by atoms with E-state index in [1.807, 2.05) is 30.2 Å². The number of hydrogen-bond donors (Lipinski definition) is 0. The van der Waals surface area contributed by atoms with Gasteiger partial charge in [-0.05, 0) is 68.6 Å². The number of aromatic nitrogens is 2. The molecule has 4 aliphatic carbocycles. The molecule has 0 N–H and O–H groups in total. The van der Waals surface area contributed by atoms with E-state index >= 15 is 0 Å². The monoisotopic (exact) mass is 414 g/mol. The molecule has 4 bridgehead atoms. The predicted octanol–water partition coefficient (Wildman–Crippen LogP) is 3.72. The van der Waals surface area contributed by atoms with Crippen LogP contribution in [0.4, 0.5) is 5.95 Å². The second-order valence-electron chi connectivity index (χ2n) is 10.4. The van der Waals surface area contributed by atoms with Crippen molar-refractivity contribution < 1.29 is 4.48 Å². The number of anilines is 1. The van der Waals surface area contributed by atoms with Crippen molar-refractivity contribution in [2.45, 2.75) is 38.5 Å². The molecule has 1 aliphatic heterocycles. The maximum Gasteiger partial charge on any atom is 0.225 e. The highest BCUT2D eigenvalue weighted by Crippen LogP contribution is 2.61. The van der Waals surface area contributed by atoms with Crippen molar-refractivity contribution in [1.82, 2.24) is 9.97 Å². The van der Waals surface area contributed by atoms with Gasteiger partial charge in [0.2, 0.25) is 5.95 Å². The van der Waals surface area contributed by atoms with Crippen LogP contribution in [-0.2, 0) is 0 Å². The maximum atomic E-state index is 5.27. The van der Waals surface area contributed by atoms with Crippen LogP contribution in [0.15, 0.2) is 23.5 Å². The number of piperazine rings is 1. The van der Waals surface area contributed by atoms with E-state index in [9.17, 15) is 0 Å². The summed E-state index contributed by atoms with van der Waals surface area (Å²) in [4.78, 5) is 16.4. The first-order valence-corrected chi connectivity index (χ1v) is 12.7. The highest BCUT2D eigenvalue weighted by molar-refractivity contribution is 8.13. The van der Waals surface area contributed by atoms with Gasteiger partial charge in [0.15, 0.2) is 0 Å². The van der Waals surface area contributed by atoms with Gasteiger partial charge >= 0.3 is 0 Å². The number of hydrogen-bond acceptors (Lipinski definition) is 5. The lowest BCUT2D eigenvalue weighted by Gasteiger charge is -2.56. The normalized spacial score (nSPS) is 35.9. The molecule has 0 spiro atoms. The number of likely N-dealkylation sites (N-methyl/N-ethyl adjacent to an activating group) is 1. The van der Waals surface area contributed by atoms with Gasteiger partial charge < -0.3 is 9.38 Å². The zero-order valence-corrected chi connectivity index (χ0v) is 18.9. The smallest absolute Gasteiger partial charge is 0.225 e. The van der Waals surface area contributed by atoms with Crippen molar-refractivity contribution in [3.8, 4) is 0 Å². The number of quaternary nitrogens is 1. The number of rotatable bonds is 5. The quantitative estimate of drug-likeness (QED) is 0.418. The molecule has 0 atom stereocenters. The summed E-state index contributed by atoms with van der Waals surface area (Å²) in [7, 11) is 2.40. The molecule has 5 fully saturated rings. The van der Waals surface area contributed by atoms with Gasteiger partial charge in [0.25, 0.3) is 0 Å². The van der Waals surface area contributed by atoms with Gasteiger partial charge in [-0.1, -0.05) is 0 Å². The number of nitrogens with zero attached hydrogens (tertiary/aromatic N) is 5. The number of aliphatic imine (C=N–C) groups is 1. The van der Waals surface area contributed by atoms with Crippen molar-refractivity contribution in [2.24, 2.45) is 28.2 Å². The zero-order valence-electron chi connectivity index (χ0n) is 18.1. The highest BCUT2D eigenvalue weighted by Gasteiger charge is 2.53. The van der Waals surface area contributed by atoms with Crippen LogP contribution in [0, 0.1) is 23.2 Å². The summed E-state index contributed by atoms with van der Waals surface area (Å²) in [6.45, 7) is 6.51. The third-order valence-electron chi connectivity index (χ3n) is 8.23. The van der Waals surface area contributed by atoms with Gasteiger partial charge in [0.1, 0.15) is 0 Å². The summed E-state index contributed by atoms with van der Waals surface area (Å²) in [5, 5.41) is 1.50. The third-order valence-corrected chi connectivity index (χ3v) is 9.18. The summed E-state index contributed by atoms with van der Waals surface area (Å²) in [5.41, 5.74) is 0.454. The molecular formula is C23H36N5S+. The molecule has 29 heavy (non-hydrogen) atoms. The number of thioether (sulfide) groups is 1. The molecule has 0 unspecified atom stereocenters. The molecule has 5 nitrogen and oxygen atoms in total. The van der Waals surface area contributed by atoms with E-state index in [4.69, 9.17) is 4.99 Å². The Morgan fingerprint density at radius 3 is 2.24 bits per heavy atom. The summed E-state index contributed by atoms with van der Waals surface area (Å²) >= 11 is 1.96. The maximum absolute atomic E-state index is 5.27. The van der Waals surface area contributed by atoms with Crippen LogP contribution < -0.4 is 4.90 Å². The Kier molecular flexibility index (Phi) is 5.35. The van der Waals surface area contributed by atoms with Crippen LogP contribution in [0.1, 0.15) is 38.5 Å². The summed E-state index contributed by atoms with van der Waals surface area (Å²) in [6, 6.07) is 1.89. The first-order chi connectivity index (χ1) is 14.1.